The van der Waals surface area contributed by atoms with E-state index in [9.17, 15) is 14.4 Å². The average molecular weight is 394 g/mol. The molecule has 0 radical (unpaired) electrons. The van der Waals surface area contributed by atoms with Crippen molar-refractivity contribution >= 4 is 17.6 Å². The number of hydrogen-bond donors (Lipinski definition) is 0. The molecule has 28 heavy (non-hydrogen) atoms. The summed E-state index contributed by atoms with van der Waals surface area (Å²) >= 11 is 0. The van der Waals surface area contributed by atoms with Crippen LogP contribution in [-0.2, 0) is 14.4 Å². The van der Waals surface area contributed by atoms with Gasteiger partial charge in [-0.3, -0.25) is 14.4 Å². The molecule has 0 N–H and O–H groups in total. The predicted octanol–water partition coefficient (Wildman–Crippen LogP) is 2.42. The molecule has 0 aliphatic carbocycles. The van der Waals surface area contributed by atoms with Crippen molar-refractivity contribution in [2.75, 3.05) is 46.3 Å². The van der Waals surface area contributed by atoms with E-state index in [0.717, 1.165) is 51.6 Å². The molecule has 0 aromatic carbocycles. The first-order valence-corrected chi connectivity index (χ1v) is 11.2. The van der Waals surface area contributed by atoms with Crippen molar-refractivity contribution in [1.29, 1.82) is 0 Å². The molecule has 0 atom stereocenters. The monoisotopic (exact) mass is 393 g/mol. The maximum Gasteiger partial charge on any atom is 0.225 e. The summed E-state index contributed by atoms with van der Waals surface area (Å²) in [6.45, 7) is 10.5. The Hall–Kier alpha value is -1.43. The number of carbonyl (C=O) groups excluding carboxylic acids is 3. The lowest BCUT2D eigenvalue weighted by Crippen LogP contribution is -2.48. The van der Waals surface area contributed by atoms with Gasteiger partial charge >= 0.3 is 0 Å². The van der Waals surface area contributed by atoms with Crippen LogP contribution in [0.25, 0.3) is 0 Å². The summed E-state index contributed by atoms with van der Waals surface area (Å²) in [5, 5.41) is 0. The van der Waals surface area contributed by atoms with Crippen LogP contribution in [0, 0.1) is 17.8 Å². The number of ketones is 1. The highest BCUT2D eigenvalue weighted by Gasteiger charge is 2.34. The summed E-state index contributed by atoms with van der Waals surface area (Å²) in [7, 11) is 2.11. The highest BCUT2D eigenvalue weighted by molar-refractivity contribution is 5.82. The zero-order chi connectivity index (χ0) is 20.7. The molecule has 0 saturated carbocycles. The van der Waals surface area contributed by atoms with E-state index in [4.69, 9.17) is 0 Å². The first kappa shape index (κ1) is 22.9. The highest BCUT2D eigenvalue weighted by Crippen LogP contribution is 2.26. The molecule has 2 amide bonds. The third-order valence-electron chi connectivity index (χ3n) is 6.61. The minimum atomic E-state index is 0.0467. The Morgan fingerprint density at radius 3 is 1.29 bits per heavy atom. The van der Waals surface area contributed by atoms with Gasteiger partial charge in [0.1, 0.15) is 5.78 Å². The zero-order valence-corrected chi connectivity index (χ0v) is 18.3. The van der Waals surface area contributed by atoms with Crippen molar-refractivity contribution in [3.8, 4) is 0 Å². The highest BCUT2D eigenvalue weighted by atomic mass is 16.2. The normalized spacial score (nSPS) is 23.1. The van der Waals surface area contributed by atoms with E-state index in [0.29, 0.717) is 32.1 Å². The van der Waals surface area contributed by atoms with Crippen molar-refractivity contribution in [1.82, 2.24) is 14.7 Å². The summed E-state index contributed by atoms with van der Waals surface area (Å²) in [5.74, 6) is 1.13. The molecule has 3 saturated heterocycles. The van der Waals surface area contributed by atoms with E-state index in [1.165, 1.54) is 0 Å². The van der Waals surface area contributed by atoms with Crippen molar-refractivity contribution in [3.05, 3.63) is 0 Å². The Kier molecular flexibility index (Phi) is 8.93. The quantitative estimate of drug-likeness (QED) is 0.739. The summed E-state index contributed by atoms with van der Waals surface area (Å²) in [4.78, 5) is 43.2. The molecule has 3 aliphatic rings. The second-order valence-corrected chi connectivity index (χ2v) is 8.39. The van der Waals surface area contributed by atoms with E-state index in [-0.39, 0.29) is 29.4 Å². The molecule has 160 valence electrons. The predicted molar refractivity (Wildman–Crippen MR) is 111 cm³/mol. The molecule has 0 bridgehead atoms. The van der Waals surface area contributed by atoms with Crippen LogP contribution >= 0.6 is 0 Å². The van der Waals surface area contributed by atoms with Gasteiger partial charge in [0.15, 0.2) is 0 Å². The molecule has 0 aromatic heterocycles. The van der Waals surface area contributed by atoms with Gasteiger partial charge in [-0.25, -0.2) is 0 Å². The lowest BCUT2D eigenvalue weighted by atomic mass is 9.89. The van der Waals surface area contributed by atoms with E-state index in [2.05, 4.69) is 11.9 Å². The van der Waals surface area contributed by atoms with Gasteiger partial charge in [0.05, 0.1) is 0 Å². The van der Waals surface area contributed by atoms with E-state index >= 15 is 0 Å². The molecule has 3 rings (SSSR count). The molecule has 0 spiro atoms. The third-order valence-corrected chi connectivity index (χ3v) is 6.61. The molecule has 6 heteroatoms. The van der Waals surface area contributed by atoms with Gasteiger partial charge in [-0.15, -0.1) is 0 Å². The first-order valence-electron chi connectivity index (χ1n) is 11.2. The summed E-state index contributed by atoms with van der Waals surface area (Å²) in [5.41, 5.74) is 0. The Balaban J connectivity index is 0.00000136. The average Bonchev–Trinajstić information content (AvgIpc) is 2.75. The van der Waals surface area contributed by atoms with Gasteiger partial charge in [-0.2, -0.15) is 0 Å². The van der Waals surface area contributed by atoms with Crippen LogP contribution in [-0.4, -0.2) is 78.6 Å². The Morgan fingerprint density at radius 2 is 0.929 bits per heavy atom. The maximum absolute atomic E-state index is 12.8. The van der Waals surface area contributed by atoms with Crippen LogP contribution in [0.2, 0.25) is 0 Å². The summed E-state index contributed by atoms with van der Waals surface area (Å²) in [6, 6.07) is 0. The lowest BCUT2D eigenvalue weighted by molar-refractivity contribution is -0.144. The van der Waals surface area contributed by atoms with Crippen LogP contribution in [0.4, 0.5) is 0 Å². The van der Waals surface area contributed by atoms with Crippen LogP contribution in [0.15, 0.2) is 0 Å². The number of amides is 2. The van der Waals surface area contributed by atoms with E-state index in [1.54, 1.807) is 6.92 Å². The molecule has 3 fully saturated rings. The van der Waals surface area contributed by atoms with Crippen molar-refractivity contribution in [2.24, 2.45) is 17.8 Å². The fourth-order valence-corrected chi connectivity index (χ4v) is 4.63. The smallest absolute Gasteiger partial charge is 0.225 e. The molecule has 3 heterocycles. The van der Waals surface area contributed by atoms with Crippen LogP contribution in [0.5, 0.6) is 0 Å². The minimum absolute atomic E-state index is 0.0467. The van der Waals surface area contributed by atoms with Crippen LogP contribution in [0.1, 0.15) is 59.3 Å². The van der Waals surface area contributed by atoms with E-state index in [1.807, 2.05) is 23.6 Å². The van der Waals surface area contributed by atoms with Gasteiger partial charge in [0.2, 0.25) is 11.8 Å². The summed E-state index contributed by atoms with van der Waals surface area (Å²) in [6.07, 6.45) is 5.08. The second kappa shape index (κ2) is 10.9. The minimum Gasteiger partial charge on any atom is -0.342 e. The van der Waals surface area contributed by atoms with Gasteiger partial charge in [0, 0.05) is 43.9 Å². The van der Waals surface area contributed by atoms with Crippen molar-refractivity contribution in [3.63, 3.8) is 0 Å². The number of hydrogen-bond acceptors (Lipinski definition) is 4. The molecule has 6 nitrogen and oxygen atoms in total. The van der Waals surface area contributed by atoms with Crippen molar-refractivity contribution in [2.45, 2.75) is 59.3 Å². The molecule has 3 aliphatic heterocycles. The van der Waals surface area contributed by atoms with Gasteiger partial charge < -0.3 is 14.7 Å². The topological polar surface area (TPSA) is 60.9 Å². The Labute approximate surface area is 170 Å². The molecule has 0 aromatic rings. The fraction of sp³-hybridized carbons (Fsp3) is 0.864. The van der Waals surface area contributed by atoms with Gasteiger partial charge in [-0.05, 0) is 65.6 Å². The number of likely N-dealkylation sites (tertiary alicyclic amines) is 3. The fourth-order valence-electron chi connectivity index (χ4n) is 4.63. The largest absolute Gasteiger partial charge is 0.342 e. The van der Waals surface area contributed by atoms with Gasteiger partial charge in [0.25, 0.3) is 0 Å². The first-order chi connectivity index (χ1) is 13.5. The molecular weight excluding hydrogens is 354 g/mol. The maximum atomic E-state index is 12.8. The number of rotatable bonds is 3. The van der Waals surface area contributed by atoms with Gasteiger partial charge in [-0.1, -0.05) is 13.8 Å². The van der Waals surface area contributed by atoms with Crippen LogP contribution < -0.4 is 0 Å². The zero-order valence-electron chi connectivity index (χ0n) is 18.3. The number of nitrogens with zero attached hydrogens (tertiary/aromatic N) is 3. The number of piperidine rings is 3. The van der Waals surface area contributed by atoms with Crippen molar-refractivity contribution < 1.29 is 14.4 Å². The Morgan fingerprint density at radius 1 is 0.607 bits per heavy atom. The number of Topliss-reactive ketones (excluding diaryl/α,β-unsaturated/α-hetero) is 1. The Bertz CT molecular complexity index is 527. The second-order valence-electron chi connectivity index (χ2n) is 8.39. The molecular formula is C22H39N3O3. The lowest BCUT2D eigenvalue weighted by Gasteiger charge is -2.38. The standard InChI is InChI=1S/C20H33N3O3.C2H6/c1-15(24)16-5-11-22(12-6-16)20(26)18-7-13-23(14-8-18)19(25)17-3-9-21(2)10-4-17;1-2/h16-18H,3-14H2,1-2H3;1-2H3. The summed E-state index contributed by atoms with van der Waals surface area (Å²) < 4.78 is 0. The SMILES string of the molecule is CC.CC(=O)C1CCN(C(=O)C2CCN(C(=O)C3CCN(C)CC3)CC2)CC1. The molecule has 0 unspecified atom stereocenters. The number of carbonyl (C=O) groups is 3. The van der Waals surface area contributed by atoms with Crippen LogP contribution in [0.3, 0.4) is 0 Å². The third kappa shape index (κ3) is 5.79. The van der Waals surface area contributed by atoms with E-state index < -0.39 is 0 Å².